The predicted octanol–water partition coefficient (Wildman–Crippen LogP) is 2.25. The maximum Gasteiger partial charge on any atom is 0.00961 e. The Morgan fingerprint density at radius 1 is 1.13 bits per heavy atom. The van der Waals surface area contributed by atoms with Crippen LogP contribution in [0.5, 0.6) is 0 Å². The van der Waals surface area contributed by atoms with Gasteiger partial charge in [-0.05, 0) is 58.0 Å². The molecule has 2 heterocycles. The Balaban J connectivity index is 1.85. The van der Waals surface area contributed by atoms with Gasteiger partial charge in [0.2, 0.25) is 0 Å². The second-order valence-corrected chi connectivity index (χ2v) is 5.38. The van der Waals surface area contributed by atoms with Crippen molar-refractivity contribution in [1.29, 1.82) is 0 Å². The molecule has 88 valence electrons. The molecule has 0 aromatic carbocycles. The molecule has 0 aliphatic carbocycles. The van der Waals surface area contributed by atoms with Gasteiger partial charge in [-0.2, -0.15) is 0 Å². The average Bonchev–Trinajstić information content (AvgIpc) is 2.62. The number of nitrogens with zero attached hydrogens (tertiary/aromatic N) is 1. The highest BCUT2D eigenvalue weighted by molar-refractivity contribution is 4.86. The summed E-state index contributed by atoms with van der Waals surface area (Å²) in [6.45, 7) is 8.60. The van der Waals surface area contributed by atoms with Crippen LogP contribution in [-0.2, 0) is 0 Å². The molecule has 0 amide bonds. The highest BCUT2D eigenvalue weighted by Gasteiger charge is 2.30. The normalized spacial score (nSPS) is 34.8. The monoisotopic (exact) mass is 210 g/mol. The molecule has 15 heavy (non-hydrogen) atoms. The Labute approximate surface area is 94.4 Å². The number of rotatable bonds is 3. The maximum atomic E-state index is 3.46. The molecule has 2 atom stereocenters. The number of nitrogens with one attached hydrogen (secondary N) is 1. The minimum atomic E-state index is 0.838. The summed E-state index contributed by atoms with van der Waals surface area (Å²) >= 11 is 0. The van der Waals surface area contributed by atoms with Crippen LogP contribution in [0.3, 0.4) is 0 Å². The van der Waals surface area contributed by atoms with Crippen molar-refractivity contribution in [3.8, 4) is 0 Å². The highest BCUT2D eigenvalue weighted by Crippen LogP contribution is 2.28. The fraction of sp³-hybridized carbons (Fsp3) is 1.00. The van der Waals surface area contributed by atoms with E-state index in [-0.39, 0.29) is 0 Å². The first-order valence-electron chi connectivity index (χ1n) is 6.77. The summed E-state index contributed by atoms with van der Waals surface area (Å²) in [6.07, 6.45) is 6.97. The Kier molecular flexibility index (Phi) is 4.04. The molecule has 0 aromatic heterocycles. The van der Waals surface area contributed by atoms with E-state index in [0.717, 1.165) is 18.0 Å². The van der Waals surface area contributed by atoms with Crippen LogP contribution in [0.25, 0.3) is 0 Å². The van der Waals surface area contributed by atoms with Crippen LogP contribution in [0.15, 0.2) is 0 Å². The van der Waals surface area contributed by atoms with E-state index in [0.29, 0.717) is 0 Å². The van der Waals surface area contributed by atoms with Crippen molar-refractivity contribution in [3.05, 3.63) is 0 Å². The van der Waals surface area contributed by atoms with Crippen molar-refractivity contribution in [2.75, 3.05) is 19.6 Å². The molecule has 2 rings (SSSR count). The zero-order valence-electron chi connectivity index (χ0n) is 10.3. The second kappa shape index (κ2) is 5.31. The fourth-order valence-electron chi connectivity index (χ4n) is 3.26. The Hall–Kier alpha value is -0.0800. The molecule has 2 aliphatic rings. The lowest BCUT2D eigenvalue weighted by Gasteiger charge is -2.33. The number of likely N-dealkylation sites (tertiary alicyclic amines) is 1. The molecule has 0 saturated carbocycles. The van der Waals surface area contributed by atoms with Gasteiger partial charge in [-0.1, -0.05) is 6.92 Å². The molecule has 2 fully saturated rings. The average molecular weight is 210 g/mol. The van der Waals surface area contributed by atoms with Gasteiger partial charge in [-0.3, -0.25) is 4.90 Å². The molecule has 0 bridgehead atoms. The van der Waals surface area contributed by atoms with Crippen LogP contribution >= 0.6 is 0 Å². The first kappa shape index (κ1) is 11.4. The first-order valence-corrected chi connectivity index (χ1v) is 6.77. The van der Waals surface area contributed by atoms with Crippen molar-refractivity contribution < 1.29 is 0 Å². The van der Waals surface area contributed by atoms with E-state index in [1.807, 2.05) is 0 Å². The van der Waals surface area contributed by atoms with Crippen LogP contribution in [-0.4, -0.2) is 36.6 Å². The van der Waals surface area contributed by atoms with Gasteiger partial charge in [0.25, 0.3) is 0 Å². The third-order valence-corrected chi connectivity index (χ3v) is 4.35. The summed E-state index contributed by atoms with van der Waals surface area (Å²) < 4.78 is 0. The van der Waals surface area contributed by atoms with E-state index in [1.165, 1.54) is 51.7 Å². The van der Waals surface area contributed by atoms with E-state index in [2.05, 4.69) is 24.1 Å². The van der Waals surface area contributed by atoms with E-state index >= 15 is 0 Å². The lowest BCUT2D eigenvalue weighted by molar-refractivity contribution is 0.152. The Bertz CT molecular complexity index is 187. The zero-order chi connectivity index (χ0) is 10.7. The molecule has 2 aliphatic heterocycles. The first-order chi connectivity index (χ1) is 7.31. The lowest BCUT2D eigenvalue weighted by Crippen LogP contribution is -2.41. The van der Waals surface area contributed by atoms with E-state index in [9.17, 15) is 0 Å². The van der Waals surface area contributed by atoms with Crippen LogP contribution in [0.2, 0.25) is 0 Å². The van der Waals surface area contributed by atoms with Crippen molar-refractivity contribution in [2.45, 2.75) is 58.0 Å². The number of hydrogen-bond donors (Lipinski definition) is 1. The standard InChI is InChI=1S/C13H26N2/c1-3-13-5-4-11(2)15(13)10-12-6-8-14-9-7-12/h11-14H,3-10H2,1-2H3. The topological polar surface area (TPSA) is 15.3 Å². The molecular weight excluding hydrogens is 184 g/mol. The van der Waals surface area contributed by atoms with Crippen molar-refractivity contribution in [1.82, 2.24) is 10.2 Å². The molecule has 0 aromatic rings. The summed E-state index contributed by atoms with van der Waals surface area (Å²) in [4.78, 5) is 2.79. The molecule has 2 heteroatoms. The molecule has 1 N–H and O–H groups in total. The summed E-state index contributed by atoms with van der Waals surface area (Å²) in [7, 11) is 0. The second-order valence-electron chi connectivity index (χ2n) is 5.38. The van der Waals surface area contributed by atoms with Crippen LogP contribution in [0.1, 0.15) is 46.0 Å². The zero-order valence-corrected chi connectivity index (χ0v) is 10.3. The van der Waals surface area contributed by atoms with Crippen LogP contribution in [0, 0.1) is 5.92 Å². The maximum absolute atomic E-state index is 3.46. The van der Waals surface area contributed by atoms with Crippen molar-refractivity contribution in [2.24, 2.45) is 5.92 Å². The third-order valence-electron chi connectivity index (χ3n) is 4.35. The quantitative estimate of drug-likeness (QED) is 0.768. The smallest absolute Gasteiger partial charge is 0.00961 e. The largest absolute Gasteiger partial charge is 0.317 e. The van der Waals surface area contributed by atoms with Gasteiger partial charge in [0, 0.05) is 18.6 Å². The van der Waals surface area contributed by atoms with E-state index in [1.54, 1.807) is 0 Å². The summed E-state index contributed by atoms with van der Waals surface area (Å²) in [5.74, 6) is 0.959. The highest BCUT2D eigenvalue weighted by atomic mass is 15.2. The fourth-order valence-corrected chi connectivity index (χ4v) is 3.26. The third kappa shape index (κ3) is 2.73. The summed E-state index contributed by atoms with van der Waals surface area (Å²) in [5, 5.41) is 3.46. The van der Waals surface area contributed by atoms with Crippen LogP contribution < -0.4 is 5.32 Å². The molecule has 0 spiro atoms. The minimum absolute atomic E-state index is 0.838. The molecule has 2 unspecified atom stereocenters. The summed E-state index contributed by atoms with van der Waals surface area (Å²) in [6, 6.07) is 1.72. The number of hydrogen-bond acceptors (Lipinski definition) is 2. The van der Waals surface area contributed by atoms with Crippen molar-refractivity contribution >= 4 is 0 Å². The number of piperidine rings is 1. The Morgan fingerprint density at radius 2 is 1.87 bits per heavy atom. The van der Waals surface area contributed by atoms with E-state index < -0.39 is 0 Å². The van der Waals surface area contributed by atoms with Gasteiger partial charge in [-0.15, -0.1) is 0 Å². The molecule has 2 nitrogen and oxygen atoms in total. The van der Waals surface area contributed by atoms with E-state index in [4.69, 9.17) is 0 Å². The van der Waals surface area contributed by atoms with Gasteiger partial charge in [-0.25, -0.2) is 0 Å². The van der Waals surface area contributed by atoms with Gasteiger partial charge in [0.05, 0.1) is 0 Å². The minimum Gasteiger partial charge on any atom is -0.317 e. The SMILES string of the molecule is CCC1CCC(C)N1CC1CCNCC1. The summed E-state index contributed by atoms with van der Waals surface area (Å²) in [5.41, 5.74) is 0. The van der Waals surface area contributed by atoms with Gasteiger partial charge < -0.3 is 5.32 Å². The molecule has 2 saturated heterocycles. The lowest BCUT2D eigenvalue weighted by atomic mass is 9.97. The molecule has 0 radical (unpaired) electrons. The van der Waals surface area contributed by atoms with Crippen LogP contribution in [0.4, 0.5) is 0 Å². The van der Waals surface area contributed by atoms with Gasteiger partial charge >= 0.3 is 0 Å². The Morgan fingerprint density at radius 3 is 2.53 bits per heavy atom. The van der Waals surface area contributed by atoms with Crippen molar-refractivity contribution in [3.63, 3.8) is 0 Å². The van der Waals surface area contributed by atoms with Gasteiger partial charge in [0.1, 0.15) is 0 Å². The van der Waals surface area contributed by atoms with Gasteiger partial charge in [0.15, 0.2) is 0 Å². The molecular formula is C13H26N2. The predicted molar refractivity (Wildman–Crippen MR) is 65.1 cm³/mol.